The van der Waals surface area contributed by atoms with Crippen LogP contribution >= 0.6 is 23.1 Å². The fourth-order valence-electron chi connectivity index (χ4n) is 8.19. The maximum Gasteiger partial charge on any atom is 0.326 e. The normalized spacial score (nSPS) is 29.5. The van der Waals surface area contributed by atoms with Crippen molar-refractivity contribution in [2.24, 2.45) is 35.5 Å². The van der Waals surface area contributed by atoms with Crippen molar-refractivity contribution in [1.82, 2.24) is 9.88 Å². The zero-order chi connectivity index (χ0) is 30.2. The molecule has 8 nitrogen and oxygen atoms in total. The van der Waals surface area contributed by atoms with Crippen molar-refractivity contribution in [3.05, 3.63) is 79.8 Å². The maximum absolute atomic E-state index is 13.9. The second-order valence-corrected chi connectivity index (χ2v) is 15.0. The number of carboxylic acid groups (broad SMARTS) is 1. The zero-order valence-electron chi connectivity index (χ0n) is 24.2. The molecule has 2 bridgehead atoms. The Morgan fingerprint density at radius 3 is 2.42 bits per heavy atom. The van der Waals surface area contributed by atoms with Gasteiger partial charge in [0.05, 0.1) is 16.9 Å². The summed E-state index contributed by atoms with van der Waals surface area (Å²) < 4.78 is 6.09. The molecule has 8 atom stereocenters. The Labute approximate surface area is 257 Å². The van der Waals surface area contributed by atoms with Gasteiger partial charge in [0.2, 0.25) is 11.8 Å². The number of H-pyrrole nitrogens is 1. The highest BCUT2D eigenvalue weighted by atomic mass is 32.2. The van der Waals surface area contributed by atoms with Crippen LogP contribution in [-0.2, 0) is 21.0 Å². The van der Waals surface area contributed by atoms with Crippen LogP contribution in [0.1, 0.15) is 54.2 Å². The van der Waals surface area contributed by atoms with Gasteiger partial charge >= 0.3 is 10.8 Å². The number of fused-ring (bicyclic) bond motifs is 9. The topological polar surface area (TPSA) is 117 Å². The minimum Gasteiger partial charge on any atom is -0.489 e. The molecular weight excluding hydrogens is 585 g/mol. The van der Waals surface area contributed by atoms with Crippen molar-refractivity contribution in [3.8, 4) is 5.75 Å². The fourth-order valence-corrected chi connectivity index (χ4v) is 11.1. The number of carboxylic acids is 1. The van der Waals surface area contributed by atoms with Crippen LogP contribution in [0.5, 0.6) is 5.75 Å². The van der Waals surface area contributed by atoms with Crippen LogP contribution in [0.4, 0.5) is 0 Å². The Morgan fingerprint density at radius 2 is 1.74 bits per heavy atom. The first-order chi connectivity index (χ1) is 20.6. The maximum atomic E-state index is 13.9. The first-order valence-electron chi connectivity index (χ1n) is 14.9. The Balaban J connectivity index is 1.20. The Hall–Kier alpha value is -3.37. The molecule has 3 fully saturated rings. The van der Waals surface area contributed by atoms with E-state index in [1.165, 1.54) is 16.9 Å². The summed E-state index contributed by atoms with van der Waals surface area (Å²) in [5.41, 5.74) is 3.35. The summed E-state index contributed by atoms with van der Waals surface area (Å²) in [4.78, 5) is 57.5. The molecule has 2 N–H and O–H groups in total. The first-order valence-corrected chi connectivity index (χ1v) is 16.6. The molecule has 1 aromatic heterocycles. The van der Waals surface area contributed by atoms with Crippen molar-refractivity contribution in [2.45, 2.75) is 62.5 Å². The lowest BCUT2D eigenvalue weighted by Crippen LogP contribution is -2.47. The SMILES string of the molecule is Cc1ccccc1COc1ccc([C@H]2c3sc(=O)[nH]c3SC3C4CC(C5C(=O)N(C(CC(C)C)C(=O)O)C(=O)C45)C32)cc1. The van der Waals surface area contributed by atoms with Crippen molar-refractivity contribution in [3.63, 3.8) is 0 Å². The van der Waals surface area contributed by atoms with Crippen molar-refractivity contribution in [1.29, 1.82) is 0 Å². The molecule has 3 heterocycles. The number of carbonyl (C=O) groups excluding carboxylic acids is 2. The van der Waals surface area contributed by atoms with Gasteiger partial charge in [0.25, 0.3) is 0 Å². The number of aliphatic carboxylic acids is 1. The van der Waals surface area contributed by atoms with Crippen LogP contribution in [0.3, 0.4) is 0 Å². The van der Waals surface area contributed by atoms with E-state index < -0.39 is 23.8 Å². The van der Waals surface area contributed by atoms with Crippen LogP contribution in [-0.4, -0.2) is 44.1 Å². The smallest absolute Gasteiger partial charge is 0.326 e. The second kappa shape index (κ2) is 10.7. The van der Waals surface area contributed by atoms with E-state index >= 15 is 0 Å². The van der Waals surface area contributed by atoms with Gasteiger partial charge in [-0.25, -0.2) is 4.79 Å². The van der Waals surface area contributed by atoms with Gasteiger partial charge in [-0.05, 0) is 72.3 Å². The van der Waals surface area contributed by atoms with Gasteiger partial charge in [-0.1, -0.05) is 61.6 Å². The van der Waals surface area contributed by atoms with Gasteiger partial charge in [0, 0.05) is 16.0 Å². The number of aromatic nitrogens is 1. The third-order valence-electron chi connectivity index (χ3n) is 9.94. The second-order valence-electron chi connectivity index (χ2n) is 12.8. The van der Waals surface area contributed by atoms with Crippen LogP contribution in [0.15, 0.2) is 58.4 Å². The molecule has 43 heavy (non-hydrogen) atoms. The van der Waals surface area contributed by atoms with Gasteiger partial charge in [-0.15, -0.1) is 11.8 Å². The summed E-state index contributed by atoms with van der Waals surface area (Å²) in [7, 11) is 0. The van der Waals surface area contributed by atoms with E-state index in [9.17, 15) is 24.3 Å². The highest BCUT2D eigenvalue weighted by molar-refractivity contribution is 8.00. The number of hydrogen-bond donors (Lipinski definition) is 2. The molecule has 2 saturated carbocycles. The first kappa shape index (κ1) is 28.4. The lowest BCUT2D eigenvalue weighted by atomic mass is 9.68. The Morgan fingerprint density at radius 1 is 1.05 bits per heavy atom. The van der Waals surface area contributed by atoms with E-state index in [0.717, 1.165) is 38.1 Å². The number of amides is 2. The molecule has 2 amide bonds. The van der Waals surface area contributed by atoms with E-state index in [0.29, 0.717) is 6.61 Å². The number of nitrogens with zero attached hydrogens (tertiary/aromatic N) is 1. The summed E-state index contributed by atoms with van der Waals surface area (Å²) >= 11 is 2.85. The molecule has 0 radical (unpaired) electrons. The van der Waals surface area contributed by atoms with Crippen LogP contribution in [0, 0.1) is 42.4 Å². The third-order valence-corrected chi connectivity index (χ3v) is 12.5. The predicted octanol–water partition coefficient (Wildman–Crippen LogP) is 5.30. The molecular formula is C33H34N2O6S2. The standard InChI is InChI=1S/C33H34N2O6S2/c1-15(2)12-22(32(38)39)35-30(36)25-20-13-21(26(25)31(35)37)27-24(20)23(28-29(42-27)34-33(40)43-28)17-8-10-19(11-9-17)41-14-18-7-5-4-6-16(18)3/h4-11,15,20-27H,12-14H2,1-3H3,(H,34,40)(H,38,39)/t20?,21?,22?,23-,24?,25?,26?,27?/m1/s1. The number of ether oxygens (including phenoxy) is 1. The fraction of sp³-hybridized carbons (Fsp3) is 0.455. The molecule has 2 aliphatic carbocycles. The molecule has 2 aliphatic heterocycles. The average molecular weight is 619 g/mol. The van der Waals surface area contributed by atoms with Gasteiger partial charge < -0.3 is 14.8 Å². The number of nitrogens with one attached hydrogen (secondary N) is 1. The van der Waals surface area contributed by atoms with Crippen LogP contribution in [0.25, 0.3) is 0 Å². The summed E-state index contributed by atoms with van der Waals surface area (Å²) in [5, 5.41) is 10.9. The van der Waals surface area contributed by atoms with E-state index in [4.69, 9.17) is 4.74 Å². The number of imide groups is 1. The van der Waals surface area contributed by atoms with Crippen molar-refractivity contribution in [2.75, 3.05) is 0 Å². The van der Waals surface area contributed by atoms with Gasteiger partial charge in [0.15, 0.2) is 0 Å². The number of carbonyl (C=O) groups is 3. The summed E-state index contributed by atoms with van der Waals surface area (Å²) in [6, 6.07) is 15.0. The third kappa shape index (κ3) is 4.56. The predicted molar refractivity (Wildman–Crippen MR) is 163 cm³/mol. The van der Waals surface area contributed by atoms with Crippen molar-refractivity contribution >= 4 is 40.9 Å². The van der Waals surface area contributed by atoms with E-state index in [1.54, 1.807) is 11.8 Å². The van der Waals surface area contributed by atoms with Gasteiger partial charge in [-0.2, -0.15) is 0 Å². The van der Waals surface area contributed by atoms with Crippen molar-refractivity contribution < 1.29 is 24.2 Å². The molecule has 0 spiro atoms. The van der Waals surface area contributed by atoms with E-state index in [1.807, 2.05) is 38.1 Å². The number of hydrogen-bond acceptors (Lipinski definition) is 7. The molecule has 7 unspecified atom stereocenters. The van der Waals surface area contributed by atoms with E-state index in [-0.39, 0.29) is 57.9 Å². The van der Waals surface area contributed by atoms with Crippen LogP contribution < -0.4 is 9.61 Å². The minimum atomic E-state index is -1.14. The molecule has 3 aromatic rings. The number of thiazole rings is 1. The molecule has 1 saturated heterocycles. The quantitative estimate of drug-likeness (QED) is 0.329. The number of benzene rings is 2. The average Bonchev–Trinajstić information content (AvgIpc) is 3.70. The molecule has 2 aromatic carbocycles. The Kier molecular flexibility index (Phi) is 7.04. The molecule has 4 aliphatic rings. The lowest BCUT2D eigenvalue weighted by molar-refractivity contribution is -0.156. The number of likely N-dealkylation sites (tertiary alicyclic amines) is 1. The van der Waals surface area contributed by atoms with E-state index in [2.05, 4.69) is 36.2 Å². The largest absolute Gasteiger partial charge is 0.489 e. The summed E-state index contributed by atoms with van der Waals surface area (Å²) in [6.07, 6.45) is 1.00. The molecule has 7 rings (SSSR count). The number of aromatic amines is 1. The number of rotatable bonds is 8. The highest BCUT2D eigenvalue weighted by Gasteiger charge is 2.70. The Bertz CT molecular complexity index is 1660. The summed E-state index contributed by atoms with van der Waals surface area (Å²) in [5.74, 6) is -2.17. The zero-order valence-corrected chi connectivity index (χ0v) is 25.8. The number of thioether (sulfide) groups is 1. The monoisotopic (exact) mass is 618 g/mol. The highest BCUT2D eigenvalue weighted by Crippen LogP contribution is 2.68. The lowest BCUT2D eigenvalue weighted by Gasteiger charge is -2.43. The summed E-state index contributed by atoms with van der Waals surface area (Å²) in [6.45, 7) is 6.33. The van der Waals surface area contributed by atoms with Crippen LogP contribution in [0.2, 0.25) is 0 Å². The molecule has 224 valence electrons. The van der Waals surface area contributed by atoms with Gasteiger partial charge in [-0.3, -0.25) is 19.3 Å². The number of aryl methyl sites for hydroxylation is 1. The molecule has 10 heteroatoms. The minimum absolute atomic E-state index is 0.0258. The van der Waals surface area contributed by atoms with Gasteiger partial charge in [0.1, 0.15) is 18.4 Å².